The molecule has 1 aromatic carbocycles. The van der Waals surface area contributed by atoms with Gasteiger partial charge in [-0.15, -0.1) is 13.2 Å². The summed E-state index contributed by atoms with van der Waals surface area (Å²) in [6.07, 6.45) is 5.64. The Labute approximate surface area is 248 Å². The standard InChI is InChI=1S/C32H44ClN3O5/c1-7-17-34(18-8-2)28(38)25-26-29(39)36(24(20-37)21(5)6)27(32(26)16-15-31(25,10-4)41-32)30(40)35(19-9-3)23-14-12-11-13-22(23)33/h7,9,11-14,21,24-27,37H,1,3,8,10,15-20H2,2,4-6H3/t24-,25+,26-,27?,31-,32?/m0/s1. The Morgan fingerprint density at radius 1 is 1.17 bits per heavy atom. The van der Waals surface area contributed by atoms with E-state index in [0.717, 1.165) is 6.42 Å². The van der Waals surface area contributed by atoms with Crippen LogP contribution in [0.5, 0.6) is 0 Å². The van der Waals surface area contributed by atoms with Gasteiger partial charge >= 0.3 is 0 Å². The minimum Gasteiger partial charge on any atom is -0.394 e. The molecule has 3 saturated heterocycles. The van der Waals surface area contributed by atoms with Crippen LogP contribution in [0.25, 0.3) is 0 Å². The van der Waals surface area contributed by atoms with Crippen LogP contribution in [-0.4, -0.2) is 82.2 Å². The molecule has 9 heteroatoms. The summed E-state index contributed by atoms with van der Waals surface area (Å²) in [6, 6.07) is 5.39. The second kappa shape index (κ2) is 12.3. The van der Waals surface area contributed by atoms with Crippen LogP contribution < -0.4 is 4.90 Å². The average Bonchev–Trinajstić information content (AvgIpc) is 3.55. The number of ether oxygens (including phenoxy) is 1. The quantitative estimate of drug-likeness (QED) is 0.345. The van der Waals surface area contributed by atoms with Crippen molar-refractivity contribution in [2.45, 2.75) is 76.7 Å². The lowest BCUT2D eigenvalue weighted by atomic mass is 9.64. The predicted octanol–water partition coefficient (Wildman–Crippen LogP) is 4.46. The molecule has 4 rings (SSSR count). The largest absolute Gasteiger partial charge is 0.394 e. The highest BCUT2D eigenvalue weighted by molar-refractivity contribution is 6.34. The molecule has 8 nitrogen and oxygen atoms in total. The molecule has 3 fully saturated rings. The molecule has 3 aliphatic heterocycles. The zero-order valence-electron chi connectivity index (χ0n) is 24.7. The van der Waals surface area contributed by atoms with Gasteiger partial charge in [-0.25, -0.2) is 0 Å². The van der Waals surface area contributed by atoms with Crippen molar-refractivity contribution in [3.05, 3.63) is 54.6 Å². The number of nitrogens with zero attached hydrogens (tertiary/aromatic N) is 3. The molecule has 3 aliphatic rings. The van der Waals surface area contributed by atoms with Gasteiger partial charge in [0.1, 0.15) is 11.6 Å². The fourth-order valence-corrected chi connectivity index (χ4v) is 7.69. The molecular formula is C32H44ClN3O5. The first-order valence-corrected chi connectivity index (χ1v) is 15.2. The van der Waals surface area contributed by atoms with Crippen LogP contribution in [-0.2, 0) is 19.1 Å². The topological polar surface area (TPSA) is 90.4 Å². The molecule has 0 aliphatic carbocycles. The maximum atomic E-state index is 14.8. The summed E-state index contributed by atoms with van der Waals surface area (Å²) in [6.45, 7) is 16.3. The highest BCUT2D eigenvalue weighted by atomic mass is 35.5. The molecule has 0 saturated carbocycles. The molecule has 41 heavy (non-hydrogen) atoms. The summed E-state index contributed by atoms with van der Waals surface area (Å²) >= 11 is 6.56. The predicted molar refractivity (Wildman–Crippen MR) is 160 cm³/mol. The van der Waals surface area contributed by atoms with E-state index >= 15 is 0 Å². The van der Waals surface area contributed by atoms with Crippen molar-refractivity contribution in [3.8, 4) is 0 Å². The number of rotatable bonds is 13. The molecule has 1 N–H and O–H groups in total. The van der Waals surface area contributed by atoms with Crippen LogP contribution >= 0.6 is 11.6 Å². The van der Waals surface area contributed by atoms with Crippen molar-refractivity contribution < 1.29 is 24.2 Å². The van der Waals surface area contributed by atoms with E-state index in [0.29, 0.717) is 43.1 Å². The lowest BCUT2D eigenvalue weighted by molar-refractivity contribution is -0.154. The second-order valence-corrected chi connectivity index (χ2v) is 12.2. The van der Waals surface area contributed by atoms with E-state index in [1.165, 1.54) is 9.80 Å². The zero-order chi connectivity index (χ0) is 30.1. The highest BCUT2D eigenvalue weighted by Crippen LogP contribution is 2.65. The van der Waals surface area contributed by atoms with Gasteiger partial charge in [0.25, 0.3) is 5.91 Å². The van der Waals surface area contributed by atoms with Crippen molar-refractivity contribution in [1.29, 1.82) is 0 Å². The van der Waals surface area contributed by atoms with E-state index in [1.54, 1.807) is 41.3 Å². The van der Waals surface area contributed by atoms with Gasteiger partial charge in [0.05, 0.1) is 40.8 Å². The van der Waals surface area contributed by atoms with E-state index in [9.17, 15) is 19.5 Å². The van der Waals surface area contributed by atoms with Gasteiger partial charge in [0.15, 0.2) is 0 Å². The number of fused-ring (bicyclic) bond motifs is 1. The third kappa shape index (κ3) is 4.92. The number of benzene rings is 1. The Morgan fingerprint density at radius 2 is 1.85 bits per heavy atom. The monoisotopic (exact) mass is 585 g/mol. The summed E-state index contributed by atoms with van der Waals surface area (Å²) in [7, 11) is 0. The second-order valence-electron chi connectivity index (χ2n) is 11.8. The number of aliphatic hydroxyl groups excluding tert-OH is 1. The molecule has 6 atom stereocenters. The highest BCUT2D eigenvalue weighted by Gasteiger charge is 2.79. The normalized spacial score (nSPS) is 29.0. The number of anilines is 1. The first kappa shape index (κ1) is 31.3. The van der Waals surface area contributed by atoms with E-state index in [1.807, 2.05) is 27.7 Å². The van der Waals surface area contributed by atoms with Crippen LogP contribution in [0, 0.1) is 17.8 Å². The minimum atomic E-state index is -1.21. The Hall–Kier alpha value is -2.68. The molecule has 2 unspecified atom stereocenters. The first-order valence-electron chi connectivity index (χ1n) is 14.8. The fourth-order valence-electron chi connectivity index (χ4n) is 7.46. The van der Waals surface area contributed by atoms with Crippen molar-refractivity contribution >= 4 is 35.0 Å². The number of amides is 3. The van der Waals surface area contributed by atoms with E-state index < -0.39 is 35.1 Å². The number of aliphatic hydroxyl groups is 1. The van der Waals surface area contributed by atoms with Crippen LogP contribution in [0.15, 0.2) is 49.6 Å². The molecule has 1 spiro atoms. The van der Waals surface area contributed by atoms with Gasteiger partial charge in [-0.1, -0.05) is 63.6 Å². The van der Waals surface area contributed by atoms with Gasteiger partial charge in [-0.05, 0) is 43.7 Å². The van der Waals surface area contributed by atoms with Gasteiger partial charge < -0.3 is 24.5 Å². The number of hydrogen-bond donors (Lipinski definition) is 1. The lowest BCUT2D eigenvalue weighted by Crippen LogP contribution is -2.60. The maximum Gasteiger partial charge on any atom is 0.253 e. The minimum absolute atomic E-state index is 0.138. The molecule has 2 bridgehead atoms. The lowest BCUT2D eigenvalue weighted by Gasteiger charge is -2.41. The zero-order valence-corrected chi connectivity index (χ0v) is 25.5. The third-order valence-corrected chi connectivity index (χ3v) is 9.63. The van der Waals surface area contributed by atoms with Crippen LogP contribution in [0.2, 0.25) is 5.02 Å². The molecular weight excluding hydrogens is 542 g/mol. The Morgan fingerprint density at radius 3 is 2.41 bits per heavy atom. The van der Waals surface area contributed by atoms with Crippen molar-refractivity contribution in [1.82, 2.24) is 9.80 Å². The molecule has 224 valence electrons. The van der Waals surface area contributed by atoms with Crippen LogP contribution in [0.4, 0.5) is 5.69 Å². The number of halogens is 1. The SMILES string of the molecule is C=CCN(CCC)C(=O)[C@H]1[C@H]2C(=O)N([C@@H](CO)C(C)C)C(C(=O)N(CC=C)c3ccccc3Cl)C23CC[C@]1(CC)O3. The average molecular weight is 586 g/mol. The summed E-state index contributed by atoms with van der Waals surface area (Å²) in [5, 5.41) is 10.9. The van der Waals surface area contributed by atoms with Crippen LogP contribution in [0.3, 0.4) is 0 Å². The Kier molecular flexibility index (Phi) is 9.36. The number of para-hydroxylation sites is 1. The van der Waals surface area contributed by atoms with Gasteiger partial charge in [0, 0.05) is 19.6 Å². The third-order valence-electron chi connectivity index (χ3n) is 9.31. The maximum absolute atomic E-state index is 14.8. The smallest absolute Gasteiger partial charge is 0.253 e. The van der Waals surface area contributed by atoms with E-state index in [4.69, 9.17) is 16.3 Å². The Bertz CT molecular complexity index is 1190. The number of carbonyl (C=O) groups excluding carboxylic acids is 3. The summed E-state index contributed by atoms with van der Waals surface area (Å²) < 4.78 is 6.94. The Balaban J connectivity index is 1.90. The van der Waals surface area contributed by atoms with Crippen molar-refractivity contribution in [2.24, 2.45) is 17.8 Å². The molecule has 3 amide bonds. The number of likely N-dealkylation sites (tertiary alicyclic amines) is 1. The van der Waals surface area contributed by atoms with Crippen LogP contribution in [0.1, 0.15) is 53.4 Å². The number of hydrogen-bond acceptors (Lipinski definition) is 5. The van der Waals surface area contributed by atoms with Gasteiger partial charge in [0.2, 0.25) is 11.8 Å². The molecule has 0 radical (unpaired) electrons. The summed E-state index contributed by atoms with van der Waals surface area (Å²) in [5.41, 5.74) is -1.56. The van der Waals surface area contributed by atoms with E-state index in [2.05, 4.69) is 13.2 Å². The summed E-state index contributed by atoms with van der Waals surface area (Å²) in [4.78, 5) is 48.5. The molecule has 0 aromatic heterocycles. The molecule has 3 heterocycles. The molecule has 1 aromatic rings. The first-order chi connectivity index (χ1) is 19.6. The fraction of sp³-hybridized carbons (Fsp3) is 0.594. The van der Waals surface area contributed by atoms with Crippen molar-refractivity contribution in [2.75, 3.05) is 31.1 Å². The van der Waals surface area contributed by atoms with Gasteiger partial charge in [-0.3, -0.25) is 14.4 Å². The summed E-state index contributed by atoms with van der Waals surface area (Å²) in [5.74, 6) is -2.53. The van der Waals surface area contributed by atoms with Gasteiger partial charge in [-0.2, -0.15) is 0 Å². The number of carbonyl (C=O) groups is 3. The van der Waals surface area contributed by atoms with Crippen molar-refractivity contribution in [3.63, 3.8) is 0 Å². The van der Waals surface area contributed by atoms with E-state index in [-0.39, 0.29) is 36.8 Å².